The molecule has 0 aliphatic rings. The van der Waals surface area contributed by atoms with Crippen LogP contribution in [0.2, 0.25) is 0 Å². The lowest BCUT2D eigenvalue weighted by Gasteiger charge is -2.25. The molecule has 0 unspecified atom stereocenters. The summed E-state index contributed by atoms with van der Waals surface area (Å²) in [6, 6.07) is 51.8. The van der Waals surface area contributed by atoms with Gasteiger partial charge in [-0.3, -0.25) is 0 Å². The summed E-state index contributed by atoms with van der Waals surface area (Å²) in [6.45, 7) is 0. The average molecular weight is 575 g/mol. The maximum Gasteiger partial charge on any atom is 0.346 e. The van der Waals surface area contributed by atoms with Gasteiger partial charge in [0.15, 0.2) is 0 Å². The van der Waals surface area contributed by atoms with Crippen molar-refractivity contribution in [2.45, 2.75) is 0 Å². The van der Waals surface area contributed by atoms with E-state index in [1.165, 1.54) is 17.4 Å². The van der Waals surface area contributed by atoms with Crippen molar-refractivity contribution < 1.29 is 9.90 Å². The first-order valence-electron chi connectivity index (χ1n) is 13.8. The van der Waals surface area contributed by atoms with Crippen molar-refractivity contribution in [3.05, 3.63) is 156 Å². The Balaban J connectivity index is 1.19. The van der Waals surface area contributed by atoms with Gasteiger partial charge >= 0.3 is 5.97 Å². The van der Waals surface area contributed by atoms with Crippen LogP contribution < -0.4 is 4.90 Å². The van der Waals surface area contributed by atoms with Crippen molar-refractivity contribution in [2.75, 3.05) is 4.90 Å². The first-order chi connectivity index (χ1) is 21.1. The largest absolute Gasteiger partial charge is 0.477 e. The van der Waals surface area contributed by atoms with Crippen LogP contribution >= 0.6 is 11.3 Å². The fourth-order valence-corrected chi connectivity index (χ4v) is 5.91. The minimum Gasteiger partial charge on any atom is -0.477 e. The predicted molar refractivity (Wildman–Crippen MR) is 177 cm³/mol. The monoisotopic (exact) mass is 574 g/mol. The zero-order valence-electron chi connectivity index (χ0n) is 23.1. The Morgan fingerprint density at radius 2 is 1.00 bits per heavy atom. The van der Waals surface area contributed by atoms with Gasteiger partial charge in [-0.15, -0.1) is 11.3 Å². The van der Waals surface area contributed by atoms with Crippen molar-refractivity contribution >= 4 is 40.4 Å². The highest BCUT2D eigenvalue weighted by Gasteiger charge is 2.12. The molecule has 206 valence electrons. The third-order valence-electron chi connectivity index (χ3n) is 7.14. The second kappa shape index (κ2) is 12.4. The molecule has 1 N–H and O–H groups in total. The van der Waals surface area contributed by atoms with Gasteiger partial charge in [0.25, 0.3) is 0 Å². The molecule has 0 amide bonds. The fourth-order valence-electron chi connectivity index (χ4n) is 4.96. The predicted octanol–water partition coefficient (Wildman–Crippen LogP) is 10.2. The first-order valence-corrected chi connectivity index (χ1v) is 14.6. The molecule has 0 saturated heterocycles. The van der Waals surface area contributed by atoms with E-state index in [0.29, 0.717) is 0 Å². The molecule has 6 rings (SSSR count). The lowest BCUT2D eigenvalue weighted by Crippen LogP contribution is -2.09. The number of para-hydroxylation sites is 2. The highest BCUT2D eigenvalue weighted by Crippen LogP contribution is 2.36. The van der Waals surface area contributed by atoms with E-state index in [4.69, 9.17) is 10.4 Å². The number of hydrogen-bond acceptors (Lipinski definition) is 4. The molecule has 43 heavy (non-hydrogen) atoms. The number of hydrogen-bond donors (Lipinski definition) is 1. The molecule has 0 aliphatic carbocycles. The van der Waals surface area contributed by atoms with Gasteiger partial charge in [0.05, 0.1) is 0 Å². The molecule has 5 aromatic carbocycles. The van der Waals surface area contributed by atoms with Gasteiger partial charge in [0.1, 0.15) is 11.6 Å². The molecule has 1 aromatic heterocycles. The molecular formula is C38H26N2O2S. The van der Waals surface area contributed by atoms with E-state index in [0.717, 1.165) is 54.6 Å². The molecule has 5 heteroatoms. The SMILES string of the molecule is N#C/C(=C\c1ccc(-c2ccc(-c3ccc(-c4ccc(N(c5ccccc5)c5ccccc5)cc4)cc3)cc2)s1)C(=O)O. The number of aliphatic carboxylic acids is 1. The van der Waals surface area contributed by atoms with E-state index in [1.807, 2.05) is 24.3 Å². The van der Waals surface area contributed by atoms with Crippen molar-refractivity contribution in [2.24, 2.45) is 0 Å². The van der Waals surface area contributed by atoms with E-state index in [9.17, 15) is 4.79 Å². The fraction of sp³-hybridized carbons (Fsp3) is 0. The normalized spacial score (nSPS) is 11.1. The molecule has 0 radical (unpaired) electrons. The Morgan fingerprint density at radius 3 is 1.44 bits per heavy atom. The van der Waals surface area contributed by atoms with Crippen LogP contribution in [-0.2, 0) is 4.79 Å². The summed E-state index contributed by atoms with van der Waals surface area (Å²) >= 11 is 1.45. The molecule has 4 nitrogen and oxygen atoms in total. The Morgan fingerprint density at radius 1 is 0.581 bits per heavy atom. The minimum absolute atomic E-state index is 0.274. The summed E-state index contributed by atoms with van der Waals surface area (Å²) in [6.07, 6.45) is 1.41. The van der Waals surface area contributed by atoms with Crippen molar-refractivity contribution in [1.82, 2.24) is 0 Å². The van der Waals surface area contributed by atoms with Crippen LogP contribution in [0, 0.1) is 11.3 Å². The maximum atomic E-state index is 11.1. The van der Waals surface area contributed by atoms with Crippen LogP contribution in [0.3, 0.4) is 0 Å². The van der Waals surface area contributed by atoms with Crippen LogP contribution in [0.15, 0.2) is 151 Å². The topological polar surface area (TPSA) is 64.3 Å². The summed E-state index contributed by atoms with van der Waals surface area (Å²) in [5.74, 6) is -1.22. The van der Waals surface area contributed by atoms with Gasteiger partial charge in [0, 0.05) is 26.8 Å². The number of carboxylic acid groups (broad SMARTS) is 1. The number of nitriles is 1. The Bertz CT molecular complexity index is 1880. The molecule has 0 atom stereocenters. The van der Waals surface area contributed by atoms with Crippen molar-refractivity contribution in [3.8, 4) is 38.8 Å². The zero-order chi connectivity index (χ0) is 29.6. The van der Waals surface area contributed by atoms with Crippen LogP contribution in [-0.4, -0.2) is 11.1 Å². The van der Waals surface area contributed by atoms with Crippen LogP contribution in [0.1, 0.15) is 4.88 Å². The highest BCUT2D eigenvalue weighted by molar-refractivity contribution is 7.16. The third-order valence-corrected chi connectivity index (χ3v) is 8.22. The van der Waals surface area contributed by atoms with E-state index in [2.05, 4.69) is 126 Å². The number of rotatable bonds is 8. The van der Waals surface area contributed by atoms with Gasteiger partial charge in [-0.2, -0.15) is 5.26 Å². The third kappa shape index (κ3) is 6.15. The van der Waals surface area contributed by atoms with E-state index in [-0.39, 0.29) is 5.57 Å². The summed E-state index contributed by atoms with van der Waals surface area (Å²) in [7, 11) is 0. The lowest BCUT2D eigenvalue weighted by molar-refractivity contribution is -0.132. The summed E-state index contributed by atoms with van der Waals surface area (Å²) in [4.78, 5) is 15.1. The van der Waals surface area contributed by atoms with Gasteiger partial charge in [-0.1, -0.05) is 97.1 Å². The summed E-state index contributed by atoms with van der Waals surface area (Å²) < 4.78 is 0. The zero-order valence-corrected chi connectivity index (χ0v) is 23.9. The minimum atomic E-state index is -1.22. The van der Waals surface area contributed by atoms with Crippen LogP contribution in [0.5, 0.6) is 0 Å². The second-order valence-corrected chi connectivity index (χ2v) is 11.0. The van der Waals surface area contributed by atoms with Crippen molar-refractivity contribution in [3.63, 3.8) is 0 Å². The smallest absolute Gasteiger partial charge is 0.346 e. The number of thiophene rings is 1. The summed E-state index contributed by atoms with van der Waals surface area (Å²) in [5.41, 5.74) is 8.62. The number of carbonyl (C=O) groups is 1. The maximum absolute atomic E-state index is 11.1. The Hall–Kier alpha value is -5.70. The van der Waals surface area contributed by atoms with Gasteiger partial charge in [-0.25, -0.2) is 4.79 Å². The number of benzene rings is 5. The molecule has 0 fully saturated rings. The molecule has 1 heterocycles. The van der Waals surface area contributed by atoms with E-state index < -0.39 is 5.97 Å². The van der Waals surface area contributed by atoms with Crippen molar-refractivity contribution in [1.29, 1.82) is 5.26 Å². The summed E-state index contributed by atoms with van der Waals surface area (Å²) in [5, 5.41) is 18.1. The molecule has 0 bridgehead atoms. The van der Waals surface area contributed by atoms with Crippen LogP contribution in [0.25, 0.3) is 38.8 Å². The Kier molecular flexibility index (Phi) is 7.95. The number of anilines is 3. The van der Waals surface area contributed by atoms with Gasteiger partial charge < -0.3 is 10.0 Å². The first kappa shape index (κ1) is 27.5. The molecular weight excluding hydrogens is 548 g/mol. The highest BCUT2D eigenvalue weighted by atomic mass is 32.1. The number of carboxylic acids is 1. The molecule has 0 saturated carbocycles. The molecule has 6 aromatic rings. The molecule has 0 spiro atoms. The number of nitrogens with zero attached hydrogens (tertiary/aromatic N) is 2. The van der Waals surface area contributed by atoms with E-state index >= 15 is 0 Å². The van der Waals surface area contributed by atoms with Gasteiger partial charge in [-0.05, 0) is 82.4 Å². The van der Waals surface area contributed by atoms with Crippen LogP contribution in [0.4, 0.5) is 17.1 Å². The quantitative estimate of drug-likeness (QED) is 0.145. The standard InChI is InChI=1S/C38H26N2O2S/c39-26-32(38(41)42)25-36-23-24-37(43-36)31-17-15-29(16-18-31)27-11-13-28(14-12-27)30-19-21-35(22-20-30)40(33-7-3-1-4-8-33)34-9-5-2-6-10-34/h1-25H,(H,41,42)/b32-25+. The second-order valence-electron chi connectivity index (χ2n) is 9.89. The lowest BCUT2D eigenvalue weighted by atomic mass is 9.99. The average Bonchev–Trinajstić information content (AvgIpc) is 3.54. The molecule has 0 aliphatic heterocycles. The van der Waals surface area contributed by atoms with Gasteiger partial charge in [0.2, 0.25) is 0 Å². The van der Waals surface area contributed by atoms with E-state index in [1.54, 1.807) is 6.07 Å². The Labute approximate surface area is 254 Å².